The third-order valence-electron chi connectivity index (χ3n) is 0. The molecule has 10 heteroatoms. The largest absolute Gasteiger partial charge is 0.692 e. The number of rotatable bonds is 0. The summed E-state index contributed by atoms with van der Waals surface area (Å²) in [4.78, 5) is 28.5. The van der Waals surface area contributed by atoms with Gasteiger partial charge in [-0.3, -0.25) is 0 Å². The van der Waals surface area contributed by atoms with Crippen LogP contribution >= 0.6 is 16.5 Å². The van der Waals surface area contributed by atoms with Crippen LogP contribution in [0.5, 0.6) is 0 Å². The van der Waals surface area contributed by atoms with Crippen molar-refractivity contribution in [3.63, 3.8) is 0 Å². The molecule has 10 N–H and O–H groups in total. The van der Waals surface area contributed by atoms with Crippen LogP contribution in [0.3, 0.4) is 0 Å². The van der Waals surface area contributed by atoms with Crippen molar-refractivity contribution in [3.8, 4) is 0 Å². The molecule has 0 fully saturated rings. The molecule has 0 aromatic carbocycles. The zero-order valence-corrected chi connectivity index (χ0v) is 8.12. The second-order valence-electron chi connectivity index (χ2n) is 0.505. The first-order chi connectivity index (χ1) is 4.46. The van der Waals surface area contributed by atoms with Gasteiger partial charge in [-0.25, -0.2) is 0 Å². The summed E-state index contributed by atoms with van der Waals surface area (Å²) in [6, 6.07) is 0. The molecule has 0 radical (unpaired) electrons. The van der Waals surface area contributed by atoms with Crippen LogP contribution in [0.15, 0.2) is 13.2 Å². The fourth-order valence-corrected chi connectivity index (χ4v) is 0. The lowest BCUT2D eigenvalue weighted by Gasteiger charge is -1.34. The van der Waals surface area contributed by atoms with Gasteiger partial charge in [0.15, 0.2) is 0 Å². The summed E-state index contributed by atoms with van der Waals surface area (Å²) in [5.41, 5.74) is 0. The highest BCUT2D eigenvalue weighted by Crippen LogP contribution is 1.98. The first-order valence-electron chi connectivity index (χ1n) is 1.67. The van der Waals surface area contributed by atoms with Gasteiger partial charge in [-0.05, 0) is 0 Å². The number of hydrogen-bond acceptors (Lipinski definition) is 4. The summed E-state index contributed by atoms with van der Waals surface area (Å²) in [6.45, 7) is 6.00. The van der Waals surface area contributed by atoms with E-state index < -0.39 is 16.5 Å². The Hall–Kier alpha value is -0.300. The van der Waals surface area contributed by atoms with Gasteiger partial charge in [0.2, 0.25) is 0 Å². The van der Waals surface area contributed by atoms with Crippen molar-refractivity contribution in [2.24, 2.45) is 0 Å². The standard InChI is InChI=1S/C2H4.2H3N.2HO3P/c1-2;;;2*1-4(2)3/h1-2H2;2*1H3;2*(H-,1,2,3)/p+2. The van der Waals surface area contributed by atoms with Gasteiger partial charge in [0, 0.05) is 9.13 Å². The number of hydrogen-bond donors (Lipinski definition) is 6. The minimum atomic E-state index is -2.87. The van der Waals surface area contributed by atoms with E-state index in [9.17, 15) is 0 Å². The molecular formula is C2H14N2O6P2+2. The van der Waals surface area contributed by atoms with Crippen molar-refractivity contribution in [1.29, 1.82) is 0 Å². The molecule has 0 saturated carbocycles. The van der Waals surface area contributed by atoms with Crippen molar-refractivity contribution >= 4 is 16.5 Å². The highest BCUT2D eigenvalue weighted by atomic mass is 31.1. The van der Waals surface area contributed by atoms with Gasteiger partial charge in [0.25, 0.3) is 0 Å². The summed E-state index contributed by atoms with van der Waals surface area (Å²) in [7, 11) is -5.74. The predicted molar refractivity (Wildman–Crippen MR) is 45.4 cm³/mol. The van der Waals surface area contributed by atoms with Gasteiger partial charge in [-0.15, -0.1) is 32.7 Å². The molecule has 12 heavy (non-hydrogen) atoms. The molecule has 0 aliphatic heterocycles. The Balaban J connectivity index is -0.0000000198. The van der Waals surface area contributed by atoms with Crippen LogP contribution in [0.1, 0.15) is 0 Å². The zero-order valence-electron chi connectivity index (χ0n) is 6.33. The summed E-state index contributed by atoms with van der Waals surface area (Å²) in [5.74, 6) is 0. The Bertz CT molecular complexity index is 89.7. The van der Waals surface area contributed by atoms with Crippen LogP contribution in [0.2, 0.25) is 0 Å². The van der Waals surface area contributed by atoms with Gasteiger partial charge < -0.3 is 12.3 Å². The lowest BCUT2D eigenvalue weighted by atomic mass is 11.3. The molecule has 0 unspecified atom stereocenters. The maximum absolute atomic E-state index is 8.70. The van der Waals surface area contributed by atoms with E-state index >= 15 is 0 Å². The molecule has 0 saturated heterocycles. The van der Waals surface area contributed by atoms with Gasteiger partial charge in [0.1, 0.15) is 0 Å². The van der Waals surface area contributed by atoms with E-state index in [1.807, 2.05) is 0 Å². The average molecular weight is 224 g/mol. The molecule has 8 nitrogen and oxygen atoms in total. The van der Waals surface area contributed by atoms with Crippen molar-refractivity contribution in [1.82, 2.24) is 12.3 Å². The maximum Gasteiger partial charge on any atom is 0.692 e. The van der Waals surface area contributed by atoms with Crippen LogP contribution in [-0.4, -0.2) is 19.6 Å². The van der Waals surface area contributed by atoms with Crippen molar-refractivity contribution in [3.05, 3.63) is 13.2 Å². The highest BCUT2D eigenvalue weighted by molar-refractivity contribution is 7.31. The van der Waals surface area contributed by atoms with E-state index in [2.05, 4.69) is 13.2 Å². The molecule has 0 amide bonds. The molecule has 0 aromatic rings. The Morgan fingerprint density at radius 3 is 0.750 bits per heavy atom. The highest BCUT2D eigenvalue weighted by Gasteiger charge is 1.93. The molecule has 0 bridgehead atoms. The molecule has 0 atom stereocenters. The van der Waals surface area contributed by atoms with Crippen molar-refractivity contribution < 1.29 is 28.7 Å². The molecular weight excluding hydrogens is 210 g/mol. The Morgan fingerprint density at radius 1 is 0.750 bits per heavy atom. The van der Waals surface area contributed by atoms with Crippen molar-refractivity contribution in [2.45, 2.75) is 0 Å². The van der Waals surface area contributed by atoms with Gasteiger partial charge in [0.05, 0.1) is 0 Å². The van der Waals surface area contributed by atoms with E-state index in [0.29, 0.717) is 0 Å². The Morgan fingerprint density at radius 2 is 0.750 bits per heavy atom. The molecule has 0 rings (SSSR count). The van der Waals surface area contributed by atoms with Crippen molar-refractivity contribution in [2.75, 3.05) is 0 Å². The fourth-order valence-electron chi connectivity index (χ4n) is 0. The van der Waals surface area contributed by atoms with Crippen LogP contribution in [0, 0.1) is 0 Å². The zero-order chi connectivity index (χ0) is 9.15. The first-order valence-corrected chi connectivity index (χ1v) is 4.00. The first kappa shape index (κ1) is 29.8. The van der Waals surface area contributed by atoms with E-state index in [4.69, 9.17) is 28.7 Å². The summed E-state index contributed by atoms with van der Waals surface area (Å²) in [5, 5.41) is 0. The normalized spacial score (nSPS) is 4.67. The second-order valence-corrected chi connectivity index (χ2v) is 1.52. The predicted octanol–water partition coefficient (Wildman–Crippen LogP) is 0.383. The lowest BCUT2D eigenvalue weighted by Crippen LogP contribution is -1.38. The van der Waals surface area contributed by atoms with Crippen LogP contribution in [-0.2, 0) is 9.13 Å². The minimum Gasteiger partial charge on any atom is -0.344 e. The molecule has 0 aromatic heterocycles. The quantitative estimate of drug-likeness (QED) is 0.251. The second kappa shape index (κ2) is 31.0. The topological polar surface area (TPSA) is 185 Å². The molecule has 0 aliphatic carbocycles. The smallest absolute Gasteiger partial charge is 0.344 e. The molecule has 0 aliphatic rings. The minimum absolute atomic E-state index is 0. The lowest BCUT2D eigenvalue weighted by molar-refractivity contribution is 0.403. The molecule has 76 valence electrons. The van der Waals surface area contributed by atoms with Gasteiger partial charge in [-0.1, -0.05) is 0 Å². The monoisotopic (exact) mass is 224 g/mol. The van der Waals surface area contributed by atoms with Crippen LogP contribution in [0.4, 0.5) is 0 Å². The summed E-state index contributed by atoms with van der Waals surface area (Å²) >= 11 is 0. The van der Waals surface area contributed by atoms with E-state index in [-0.39, 0.29) is 12.3 Å². The van der Waals surface area contributed by atoms with E-state index in [1.54, 1.807) is 0 Å². The SMILES string of the molecule is C=C.N.N.O=[P+](O)O.O=[P+](O)O. The van der Waals surface area contributed by atoms with Crippen LogP contribution < -0.4 is 12.3 Å². The van der Waals surface area contributed by atoms with E-state index in [1.165, 1.54) is 0 Å². The Labute approximate surface area is 71.6 Å². The average Bonchev–Trinajstić information content (AvgIpc) is 1.66. The molecule has 0 spiro atoms. The fraction of sp³-hybridized carbons (Fsp3) is 0. The maximum atomic E-state index is 8.70. The third-order valence-corrected chi connectivity index (χ3v) is 0. The van der Waals surface area contributed by atoms with E-state index in [0.717, 1.165) is 0 Å². The third kappa shape index (κ3) is 8160. The summed E-state index contributed by atoms with van der Waals surface area (Å²) < 4.78 is 17.4. The van der Waals surface area contributed by atoms with Gasteiger partial charge in [-0.2, -0.15) is 0 Å². The van der Waals surface area contributed by atoms with Crippen LogP contribution in [0.25, 0.3) is 0 Å². The summed E-state index contributed by atoms with van der Waals surface area (Å²) in [6.07, 6.45) is 0. The molecule has 0 heterocycles. The Kier molecular flexibility index (Phi) is 77.1. The van der Waals surface area contributed by atoms with Gasteiger partial charge >= 0.3 is 16.5 Å².